The van der Waals surface area contributed by atoms with Gasteiger partial charge < -0.3 is 10.3 Å². The van der Waals surface area contributed by atoms with Gasteiger partial charge in [0.1, 0.15) is 5.82 Å². The first-order chi connectivity index (χ1) is 8.20. The van der Waals surface area contributed by atoms with Gasteiger partial charge in [0.05, 0.1) is 11.0 Å². The molecule has 17 heavy (non-hydrogen) atoms. The Bertz CT molecular complexity index is 552. The molecule has 1 atom stereocenters. The molecule has 1 aliphatic rings. The number of nitrogens with two attached hydrogens (primary N) is 1. The summed E-state index contributed by atoms with van der Waals surface area (Å²) in [7, 11) is 0. The first kappa shape index (κ1) is 10.6. The van der Waals surface area contributed by atoms with Gasteiger partial charge in [-0.25, -0.2) is 4.98 Å². The van der Waals surface area contributed by atoms with Crippen molar-refractivity contribution >= 4 is 16.7 Å². The Morgan fingerprint density at radius 2 is 2.24 bits per heavy atom. The quantitative estimate of drug-likeness (QED) is 0.819. The van der Waals surface area contributed by atoms with E-state index >= 15 is 0 Å². The Morgan fingerprint density at radius 1 is 1.47 bits per heavy atom. The van der Waals surface area contributed by atoms with Crippen molar-refractivity contribution in [3.63, 3.8) is 0 Å². The average molecular weight is 229 g/mol. The van der Waals surface area contributed by atoms with E-state index in [1.807, 2.05) is 12.1 Å². The molecular weight excluding hydrogens is 210 g/mol. The number of nitrogens with zero attached hydrogens (tertiary/aromatic N) is 2. The highest BCUT2D eigenvalue weighted by Crippen LogP contribution is 2.42. The maximum atomic E-state index is 5.83. The fourth-order valence-corrected chi connectivity index (χ4v) is 2.41. The maximum Gasteiger partial charge on any atom is 0.113 e. The fraction of sp³-hybridized carbons (Fsp3) is 0.500. The van der Waals surface area contributed by atoms with Gasteiger partial charge in [0.25, 0.3) is 0 Å². The lowest BCUT2D eigenvalue weighted by Gasteiger charge is -2.15. The predicted octanol–water partition coefficient (Wildman–Crippen LogP) is 3.47. The van der Waals surface area contributed by atoms with Crippen LogP contribution in [-0.4, -0.2) is 9.55 Å². The molecule has 0 radical (unpaired) electrons. The minimum atomic E-state index is 0.513. The Balaban J connectivity index is 2.23. The van der Waals surface area contributed by atoms with Gasteiger partial charge in [-0.2, -0.15) is 0 Å². The van der Waals surface area contributed by atoms with Crippen molar-refractivity contribution in [2.45, 2.75) is 45.1 Å². The SMILES string of the molecule is CCC(C)n1c(C2CC2)nc2cc(N)ccc21. The lowest BCUT2D eigenvalue weighted by molar-refractivity contribution is 0.522. The van der Waals surface area contributed by atoms with Gasteiger partial charge >= 0.3 is 0 Å². The first-order valence-electron chi connectivity index (χ1n) is 6.48. The topological polar surface area (TPSA) is 43.8 Å². The Hall–Kier alpha value is -1.51. The summed E-state index contributed by atoms with van der Waals surface area (Å²) in [6, 6.07) is 6.58. The zero-order valence-corrected chi connectivity index (χ0v) is 10.5. The van der Waals surface area contributed by atoms with Crippen LogP contribution in [-0.2, 0) is 0 Å². The highest BCUT2D eigenvalue weighted by atomic mass is 15.1. The molecule has 0 aliphatic heterocycles. The van der Waals surface area contributed by atoms with Crippen molar-refractivity contribution < 1.29 is 0 Å². The van der Waals surface area contributed by atoms with Crippen molar-refractivity contribution in [1.29, 1.82) is 0 Å². The van der Waals surface area contributed by atoms with Crippen LogP contribution in [0.15, 0.2) is 18.2 Å². The highest BCUT2D eigenvalue weighted by molar-refractivity contribution is 5.80. The molecule has 0 spiro atoms. The van der Waals surface area contributed by atoms with Gasteiger partial charge in [-0.15, -0.1) is 0 Å². The van der Waals surface area contributed by atoms with Crippen molar-refractivity contribution in [3.8, 4) is 0 Å². The molecule has 0 bridgehead atoms. The summed E-state index contributed by atoms with van der Waals surface area (Å²) in [5.74, 6) is 1.94. The smallest absolute Gasteiger partial charge is 0.113 e. The second kappa shape index (κ2) is 3.76. The molecular formula is C14H19N3. The summed E-state index contributed by atoms with van der Waals surface area (Å²) >= 11 is 0. The Kier molecular flexibility index (Phi) is 2.35. The largest absolute Gasteiger partial charge is 0.399 e. The fourth-order valence-electron chi connectivity index (χ4n) is 2.41. The van der Waals surface area contributed by atoms with Crippen LogP contribution in [0, 0.1) is 0 Å². The van der Waals surface area contributed by atoms with E-state index in [0.29, 0.717) is 12.0 Å². The van der Waals surface area contributed by atoms with Gasteiger partial charge in [-0.1, -0.05) is 6.92 Å². The Morgan fingerprint density at radius 3 is 2.88 bits per heavy atom. The number of nitrogen functional groups attached to an aromatic ring is 1. The second-order valence-electron chi connectivity index (χ2n) is 5.12. The minimum absolute atomic E-state index is 0.513. The number of rotatable bonds is 3. The molecule has 90 valence electrons. The lowest BCUT2D eigenvalue weighted by Crippen LogP contribution is -2.07. The zero-order chi connectivity index (χ0) is 12.0. The van der Waals surface area contributed by atoms with Crippen LogP contribution in [0.4, 0.5) is 5.69 Å². The Labute approximate surface area is 102 Å². The number of hydrogen-bond acceptors (Lipinski definition) is 2. The first-order valence-corrected chi connectivity index (χ1v) is 6.48. The lowest BCUT2D eigenvalue weighted by atomic mass is 10.2. The molecule has 1 aliphatic carbocycles. The molecule has 1 fully saturated rings. The van der Waals surface area contributed by atoms with Gasteiger partial charge in [-0.3, -0.25) is 0 Å². The van der Waals surface area contributed by atoms with Crippen LogP contribution in [0.3, 0.4) is 0 Å². The van der Waals surface area contributed by atoms with E-state index in [1.54, 1.807) is 0 Å². The second-order valence-corrected chi connectivity index (χ2v) is 5.12. The molecule has 1 aromatic carbocycles. The zero-order valence-electron chi connectivity index (χ0n) is 10.5. The molecule has 3 rings (SSSR count). The van der Waals surface area contributed by atoms with Gasteiger partial charge in [-0.05, 0) is 44.4 Å². The van der Waals surface area contributed by atoms with E-state index in [2.05, 4.69) is 24.5 Å². The van der Waals surface area contributed by atoms with Gasteiger partial charge in [0.2, 0.25) is 0 Å². The van der Waals surface area contributed by atoms with Gasteiger partial charge in [0, 0.05) is 17.6 Å². The maximum absolute atomic E-state index is 5.83. The van der Waals surface area contributed by atoms with Crippen LogP contribution >= 0.6 is 0 Å². The average Bonchev–Trinajstić information content (AvgIpc) is 3.09. The van der Waals surface area contributed by atoms with Crippen molar-refractivity contribution in [3.05, 3.63) is 24.0 Å². The third-order valence-electron chi connectivity index (χ3n) is 3.71. The molecule has 1 aromatic heterocycles. The molecule has 2 aromatic rings. The number of benzene rings is 1. The van der Waals surface area contributed by atoms with E-state index in [4.69, 9.17) is 10.7 Å². The standard InChI is InChI=1S/C14H19N3/c1-3-9(2)17-13-7-6-11(15)8-12(13)16-14(17)10-4-5-10/h6-10H,3-5,15H2,1-2H3. The molecule has 2 N–H and O–H groups in total. The predicted molar refractivity (Wildman–Crippen MR) is 71.1 cm³/mol. The van der Waals surface area contributed by atoms with Gasteiger partial charge in [0.15, 0.2) is 0 Å². The van der Waals surface area contributed by atoms with E-state index in [1.165, 1.54) is 24.2 Å². The van der Waals surface area contributed by atoms with Crippen molar-refractivity contribution in [2.75, 3.05) is 5.73 Å². The van der Waals surface area contributed by atoms with Crippen LogP contribution < -0.4 is 5.73 Å². The summed E-state index contributed by atoms with van der Waals surface area (Å²) in [5, 5.41) is 0. The van der Waals surface area contributed by atoms with E-state index in [-0.39, 0.29) is 0 Å². The van der Waals surface area contributed by atoms with Crippen molar-refractivity contribution in [2.24, 2.45) is 0 Å². The number of hydrogen-bond donors (Lipinski definition) is 1. The van der Waals surface area contributed by atoms with E-state index < -0.39 is 0 Å². The summed E-state index contributed by atoms with van der Waals surface area (Å²) in [6.07, 6.45) is 3.71. The molecule has 1 unspecified atom stereocenters. The molecule has 0 amide bonds. The highest BCUT2D eigenvalue weighted by Gasteiger charge is 2.30. The van der Waals surface area contributed by atoms with Crippen LogP contribution in [0.2, 0.25) is 0 Å². The normalized spacial score (nSPS) is 17.5. The van der Waals surface area contributed by atoms with Crippen LogP contribution in [0.25, 0.3) is 11.0 Å². The van der Waals surface area contributed by atoms with E-state index in [0.717, 1.165) is 17.6 Å². The number of imidazole rings is 1. The molecule has 3 heteroatoms. The van der Waals surface area contributed by atoms with Crippen LogP contribution in [0.5, 0.6) is 0 Å². The molecule has 1 heterocycles. The summed E-state index contributed by atoms with van der Waals surface area (Å²) in [6.45, 7) is 4.49. The number of anilines is 1. The molecule has 1 saturated carbocycles. The summed E-state index contributed by atoms with van der Waals surface area (Å²) in [5.41, 5.74) is 8.91. The third-order valence-corrected chi connectivity index (χ3v) is 3.71. The molecule has 3 nitrogen and oxygen atoms in total. The number of fused-ring (bicyclic) bond motifs is 1. The monoisotopic (exact) mass is 229 g/mol. The molecule has 0 saturated heterocycles. The minimum Gasteiger partial charge on any atom is -0.399 e. The summed E-state index contributed by atoms with van der Waals surface area (Å²) in [4.78, 5) is 4.79. The number of aromatic nitrogens is 2. The third kappa shape index (κ3) is 1.70. The summed E-state index contributed by atoms with van der Waals surface area (Å²) < 4.78 is 2.41. The van der Waals surface area contributed by atoms with Crippen LogP contribution in [0.1, 0.15) is 50.9 Å². The van der Waals surface area contributed by atoms with E-state index in [9.17, 15) is 0 Å². The van der Waals surface area contributed by atoms with Crippen molar-refractivity contribution in [1.82, 2.24) is 9.55 Å².